The summed E-state index contributed by atoms with van der Waals surface area (Å²) in [6.07, 6.45) is 1.99. The quantitative estimate of drug-likeness (QED) is 0.567. The van der Waals surface area contributed by atoms with Gasteiger partial charge < -0.3 is 24.7 Å². The predicted octanol–water partition coefficient (Wildman–Crippen LogP) is 4.60. The lowest BCUT2D eigenvalue weighted by Crippen LogP contribution is -2.45. The van der Waals surface area contributed by atoms with Crippen molar-refractivity contribution in [1.29, 1.82) is 0 Å². The van der Waals surface area contributed by atoms with Crippen LogP contribution in [0.5, 0.6) is 0 Å². The largest absolute Gasteiger partial charge is 0.444 e. The minimum Gasteiger partial charge on any atom is -0.444 e. The van der Waals surface area contributed by atoms with E-state index in [1.54, 1.807) is 24.3 Å². The van der Waals surface area contributed by atoms with E-state index in [1.165, 1.54) is 24.5 Å². The van der Waals surface area contributed by atoms with Gasteiger partial charge in [-0.1, -0.05) is 0 Å². The summed E-state index contributed by atoms with van der Waals surface area (Å²) in [6, 6.07) is 10.1. The first kappa shape index (κ1) is 22.7. The van der Waals surface area contributed by atoms with E-state index >= 15 is 0 Å². The molecule has 0 saturated carbocycles. The summed E-state index contributed by atoms with van der Waals surface area (Å²) in [4.78, 5) is 18.5. The third-order valence-electron chi connectivity index (χ3n) is 5.28. The van der Waals surface area contributed by atoms with Crippen molar-refractivity contribution in [3.63, 3.8) is 0 Å². The Kier molecular flexibility index (Phi) is 6.88. The second kappa shape index (κ2) is 9.99. The van der Waals surface area contributed by atoms with Gasteiger partial charge in [0.2, 0.25) is 5.89 Å². The summed E-state index contributed by atoms with van der Waals surface area (Å²) in [6.45, 7) is 5.46. The first-order valence-corrected chi connectivity index (χ1v) is 10.8. The Morgan fingerprint density at radius 1 is 1.12 bits per heavy atom. The maximum absolute atomic E-state index is 14.7. The van der Waals surface area contributed by atoms with Gasteiger partial charge in [0.1, 0.15) is 17.9 Å². The van der Waals surface area contributed by atoms with Gasteiger partial charge in [-0.2, -0.15) is 0 Å². The number of morpholine rings is 1. The summed E-state index contributed by atoms with van der Waals surface area (Å²) >= 11 is 0. The Morgan fingerprint density at radius 2 is 1.85 bits per heavy atom. The number of aromatic nitrogens is 1. The number of ether oxygens (including phenoxy) is 1. The van der Waals surface area contributed by atoms with Gasteiger partial charge in [0.05, 0.1) is 23.6 Å². The average molecular weight is 456 g/mol. The third kappa shape index (κ3) is 5.87. The molecule has 1 aliphatic rings. The second-order valence-electron chi connectivity index (χ2n) is 8.11. The number of hydrogen-bond donors (Lipinski definition) is 2. The number of halogens is 2. The van der Waals surface area contributed by atoms with Crippen molar-refractivity contribution in [1.82, 2.24) is 10.3 Å². The molecule has 9 heteroatoms. The predicted molar refractivity (Wildman–Crippen MR) is 121 cm³/mol. The molecule has 0 bridgehead atoms. The molecule has 3 aromatic rings. The van der Waals surface area contributed by atoms with E-state index in [2.05, 4.69) is 15.6 Å². The number of carbonyl (C=O) groups is 1. The highest BCUT2D eigenvalue weighted by Crippen LogP contribution is 2.26. The van der Waals surface area contributed by atoms with Crippen molar-refractivity contribution in [3.8, 4) is 11.5 Å². The highest BCUT2D eigenvalue weighted by Gasteiger charge is 2.24. The lowest BCUT2D eigenvalue weighted by Gasteiger charge is -2.37. The lowest BCUT2D eigenvalue weighted by molar-refractivity contribution is -0.00539. The van der Waals surface area contributed by atoms with Crippen molar-refractivity contribution >= 4 is 17.4 Å². The van der Waals surface area contributed by atoms with Gasteiger partial charge in [-0.05, 0) is 56.3 Å². The molecule has 7 nitrogen and oxygen atoms in total. The van der Waals surface area contributed by atoms with E-state index in [4.69, 9.17) is 9.15 Å². The van der Waals surface area contributed by atoms with E-state index < -0.39 is 11.8 Å². The molecule has 0 aliphatic carbocycles. The zero-order valence-corrected chi connectivity index (χ0v) is 18.5. The van der Waals surface area contributed by atoms with Crippen LogP contribution in [-0.2, 0) is 11.2 Å². The van der Waals surface area contributed by atoms with E-state index in [-0.39, 0.29) is 18.0 Å². The summed E-state index contributed by atoms with van der Waals surface area (Å²) in [7, 11) is 0. The highest BCUT2D eigenvalue weighted by molar-refractivity contribution is 5.89. The van der Waals surface area contributed by atoms with Gasteiger partial charge in [0, 0.05) is 37.3 Å². The molecular formula is C24H26F2N4O3. The summed E-state index contributed by atoms with van der Waals surface area (Å²) in [5, 5.41) is 5.35. The van der Waals surface area contributed by atoms with E-state index in [0.717, 1.165) is 0 Å². The zero-order chi connectivity index (χ0) is 23.4. The monoisotopic (exact) mass is 456 g/mol. The van der Waals surface area contributed by atoms with E-state index in [0.29, 0.717) is 54.6 Å². The molecule has 0 radical (unpaired) electrons. The standard InChI is InChI=1S/C24H26F2N4O3/c1-15-12-30(13-16(2)33-15)22-8-7-19(11-21(22)26)29-24(31)27-10-9-20-14-32-23(28-20)17-3-5-18(25)6-4-17/h3-8,11,14-16H,9-10,12-13H2,1-2H3,(H2,27,29,31). The number of nitrogens with zero attached hydrogens (tertiary/aromatic N) is 2. The Morgan fingerprint density at radius 3 is 2.55 bits per heavy atom. The molecule has 2 heterocycles. The number of hydrogen-bond acceptors (Lipinski definition) is 5. The molecule has 2 amide bonds. The first-order valence-electron chi connectivity index (χ1n) is 10.8. The second-order valence-corrected chi connectivity index (χ2v) is 8.11. The Hall–Kier alpha value is -3.46. The van der Waals surface area contributed by atoms with Crippen LogP contribution in [-0.4, -0.2) is 42.9 Å². The van der Waals surface area contributed by atoms with Crippen LogP contribution < -0.4 is 15.5 Å². The molecule has 2 N–H and O–H groups in total. The fourth-order valence-corrected chi connectivity index (χ4v) is 3.84. The van der Waals surface area contributed by atoms with Gasteiger partial charge in [0.25, 0.3) is 0 Å². The van der Waals surface area contributed by atoms with Crippen LogP contribution in [0.15, 0.2) is 53.1 Å². The van der Waals surface area contributed by atoms with Crippen LogP contribution in [0, 0.1) is 11.6 Å². The maximum Gasteiger partial charge on any atom is 0.319 e. The van der Waals surface area contributed by atoms with Crippen LogP contribution in [0.3, 0.4) is 0 Å². The molecule has 0 spiro atoms. The van der Waals surface area contributed by atoms with Gasteiger partial charge in [-0.3, -0.25) is 0 Å². The SMILES string of the molecule is CC1CN(c2ccc(NC(=O)NCCc3coc(-c4ccc(F)cc4)n3)cc2F)CC(C)O1. The number of rotatable bonds is 6. The van der Waals surface area contributed by atoms with Crippen LogP contribution >= 0.6 is 0 Å². The number of anilines is 2. The van der Waals surface area contributed by atoms with Gasteiger partial charge >= 0.3 is 6.03 Å². The van der Waals surface area contributed by atoms with Gasteiger partial charge in [-0.25, -0.2) is 18.6 Å². The van der Waals surface area contributed by atoms with Crippen molar-refractivity contribution in [2.75, 3.05) is 29.9 Å². The zero-order valence-electron chi connectivity index (χ0n) is 18.5. The van der Waals surface area contributed by atoms with E-state index in [9.17, 15) is 13.6 Å². The number of urea groups is 1. The molecular weight excluding hydrogens is 430 g/mol. The molecule has 2 aromatic carbocycles. The lowest BCUT2D eigenvalue weighted by atomic mass is 10.2. The molecule has 1 aromatic heterocycles. The molecule has 2 unspecified atom stereocenters. The average Bonchev–Trinajstić information content (AvgIpc) is 3.22. The van der Waals surface area contributed by atoms with Crippen LogP contribution in [0.2, 0.25) is 0 Å². The highest BCUT2D eigenvalue weighted by atomic mass is 19.1. The van der Waals surface area contributed by atoms with Crippen molar-refractivity contribution in [3.05, 3.63) is 66.1 Å². The van der Waals surface area contributed by atoms with Crippen molar-refractivity contribution in [2.24, 2.45) is 0 Å². The molecule has 1 saturated heterocycles. The number of benzene rings is 2. The molecule has 174 valence electrons. The fraction of sp³-hybridized carbons (Fsp3) is 0.333. The summed E-state index contributed by atoms with van der Waals surface area (Å²) < 4.78 is 38.8. The molecule has 4 rings (SSSR count). The van der Waals surface area contributed by atoms with Gasteiger partial charge in [-0.15, -0.1) is 0 Å². The Labute approximate surface area is 190 Å². The molecule has 1 fully saturated rings. The molecule has 1 aliphatic heterocycles. The van der Waals surface area contributed by atoms with Crippen LogP contribution in [0.1, 0.15) is 19.5 Å². The topological polar surface area (TPSA) is 79.6 Å². The number of amides is 2. The van der Waals surface area contributed by atoms with E-state index in [1.807, 2.05) is 18.7 Å². The van der Waals surface area contributed by atoms with Crippen LogP contribution in [0.4, 0.5) is 25.0 Å². The molecule has 33 heavy (non-hydrogen) atoms. The third-order valence-corrected chi connectivity index (χ3v) is 5.28. The maximum atomic E-state index is 14.7. The number of oxazole rings is 1. The Bertz CT molecular complexity index is 1090. The molecule has 2 atom stereocenters. The minimum atomic E-state index is -0.446. The van der Waals surface area contributed by atoms with Gasteiger partial charge in [0.15, 0.2) is 0 Å². The van der Waals surface area contributed by atoms with Crippen molar-refractivity contribution < 1.29 is 22.7 Å². The number of carbonyl (C=O) groups excluding carboxylic acids is 1. The fourth-order valence-electron chi connectivity index (χ4n) is 3.84. The minimum absolute atomic E-state index is 0.0215. The Balaban J connectivity index is 1.27. The van der Waals surface area contributed by atoms with Crippen LogP contribution in [0.25, 0.3) is 11.5 Å². The number of nitrogens with one attached hydrogen (secondary N) is 2. The first-order chi connectivity index (χ1) is 15.9. The summed E-state index contributed by atoms with van der Waals surface area (Å²) in [5.41, 5.74) is 2.17. The summed E-state index contributed by atoms with van der Waals surface area (Å²) in [5.74, 6) is -0.348. The van der Waals surface area contributed by atoms with Crippen molar-refractivity contribution in [2.45, 2.75) is 32.5 Å². The normalized spacial score (nSPS) is 18.2. The smallest absolute Gasteiger partial charge is 0.319 e.